The first kappa shape index (κ1) is 7.08. The molecule has 56 valence electrons. The fourth-order valence-electron chi connectivity index (χ4n) is 0.609. The van der Waals surface area contributed by atoms with Gasteiger partial charge in [0.15, 0.2) is 11.6 Å². The summed E-state index contributed by atoms with van der Waals surface area (Å²) in [5, 5.41) is 3.76. The van der Waals surface area contributed by atoms with Crippen LogP contribution in [0, 0.1) is 0 Å². The highest BCUT2D eigenvalue weighted by molar-refractivity contribution is 5.35. The van der Waals surface area contributed by atoms with E-state index < -0.39 is 0 Å². The molecule has 0 aliphatic heterocycles. The lowest BCUT2D eigenvalue weighted by atomic mass is 10.4. The van der Waals surface area contributed by atoms with Crippen molar-refractivity contribution in [2.24, 2.45) is 5.73 Å². The molecule has 1 heterocycles. The number of nitrogens with zero attached hydrogens (tertiary/aromatic N) is 2. The summed E-state index contributed by atoms with van der Waals surface area (Å²) in [5.41, 5.74) is 5.31. The summed E-state index contributed by atoms with van der Waals surface area (Å²) in [4.78, 5) is 1.86. The Balaban J connectivity index is 2.78. The molecule has 10 heavy (non-hydrogen) atoms. The van der Waals surface area contributed by atoms with Gasteiger partial charge in [-0.1, -0.05) is 5.16 Å². The molecule has 0 fully saturated rings. The first-order valence-corrected chi connectivity index (χ1v) is 3.07. The molecule has 0 aliphatic carbocycles. The summed E-state index contributed by atoms with van der Waals surface area (Å²) in [7, 11) is 3.80. The molecule has 0 radical (unpaired) electrons. The molecule has 0 atom stereocenters. The number of hydrogen-bond acceptors (Lipinski definition) is 4. The zero-order valence-corrected chi connectivity index (χ0v) is 6.16. The van der Waals surface area contributed by atoms with Crippen molar-refractivity contribution in [1.29, 1.82) is 0 Å². The molecule has 2 N–H and O–H groups in total. The fourth-order valence-corrected chi connectivity index (χ4v) is 0.609. The van der Waals surface area contributed by atoms with Gasteiger partial charge in [-0.05, 0) is 0 Å². The number of rotatable bonds is 2. The van der Waals surface area contributed by atoms with Gasteiger partial charge in [-0.2, -0.15) is 0 Å². The van der Waals surface area contributed by atoms with Crippen LogP contribution >= 0.6 is 0 Å². The highest BCUT2D eigenvalue weighted by Crippen LogP contribution is 2.09. The van der Waals surface area contributed by atoms with Gasteiger partial charge >= 0.3 is 0 Å². The normalized spacial score (nSPS) is 9.90. The fraction of sp³-hybridized carbons (Fsp3) is 0.500. The highest BCUT2D eigenvalue weighted by Gasteiger charge is 2.01. The lowest BCUT2D eigenvalue weighted by Gasteiger charge is -2.03. The zero-order valence-electron chi connectivity index (χ0n) is 6.16. The number of aromatic nitrogens is 1. The molecule has 1 rings (SSSR count). The lowest BCUT2D eigenvalue weighted by Crippen LogP contribution is -2.08. The van der Waals surface area contributed by atoms with Gasteiger partial charge in [0.1, 0.15) is 0 Å². The summed E-state index contributed by atoms with van der Waals surface area (Å²) in [5.74, 6) is 1.52. The van der Waals surface area contributed by atoms with Crippen LogP contribution in [0.25, 0.3) is 0 Å². The molecular weight excluding hydrogens is 130 g/mol. The van der Waals surface area contributed by atoms with E-state index in [2.05, 4.69) is 5.16 Å². The Hall–Kier alpha value is -1.03. The predicted molar refractivity (Wildman–Crippen MR) is 38.7 cm³/mol. The van der Waals surface area contributed by atoms with Gasteiger partial charge in [0, 0.05) is 20.2 Å². The van der Waals surface area contributed by atoms with E-state index in [1.165, 1.54) is 0 Å². The average Bonchev–Trinajstić information content (AvgIpc) is 2.34. The Morgan fingerprint density at radius 3 is 2.70 bits per heavy atom. The second kappa shape index (κ2) is 2.70. The van der Waals surface area contributed by atoms with E-state index in [-0.39, 0.29) is 0 Å². The smallest absolute Gasteiger partial charge is 0.171 e. The lowest BCUT2D eigenvalue weighted by molar-refractivity contribution is 0.385. The Morgan fingerprint density at radius 1 is 1.70 bits per heavy atom. The van der Waals surface area contributed by atoms with Gasteiger partial charge in [-0.25, -0.2) is 0 Å². The largest absolute Gasteiger partial charge is 0.360 e. The molecule has 4 heteroatoms. The second-order valence-electron chi connectivity index (χ2n) is 2.25. The highest BCUT2D eigenvalue weighted by atomic mass is 16.5. The zero-order chi connectivity index (χ0) is 7.56. The van der Waals surface area contributed by atoms with Gasteiger partial charge < -0.3 is 15.2 Å². The van der Waals surface area contributed by atoms with Crippen LogP contribution in [-0.4, -0.2) is 19.3 Å². The third kappa shape index (κ3) is 1.27. The van der Waals surface area contributed by atoms with Crippen LogP contribution in [0.4, 0.5) is 5.82 Å². The Labute approximate surface area is 59.6 Å². The molecule has 0 saturated carbocycles. The Morgan fingerprint density at radius 2 is 2.40 bits per heavy atom. The molecule has 0 amide bonds. The van der Waals surface area contributed by atoms with Crippen LogP contribution < -0.4 is 10.6 Å². The quantitative estimate of drug-likeness (QED) is 0.639. The van der Waals surface area contributed by atoms with E-state index in [4.69, 9.17) is 10.3 Å². The van der Waals surface area contributed by atoms with Crippen LogP contribution in [0.3, 0.4) is 0 Å². The van der Waals surface area contributed by atoms with Crippen molar-refractivity contribution >= 4 is 5.82 Å². The molecule has 1 aromatic heterocycles. The standard InChI is InChI=1S/C6H11N3O/c1-9(2)6-3-5(4-7)10-8-6/h3H,4,7H2,1-2H3. The van der Waals surface area contributed by atoms with E-state index >= 15 is 0 Å². The molecule has 0 spiro atoms. The summed E-state index contributed by atoms with van der Waals surface area (Å²) in [6.07, 6.45) is 0. The van der Waals surface area contributed by atoms with Crippen LogP contribution in [-0.2, 0) is 6.54 Å². The second-order valence-corrected chi connectivity index (χ2v) is 2.25. The molecule has 0 saturated heterocycles. The van der Waals surface area contributed by atoms with Crippen molar-refractivity contribution in [3.05, 3.63) is 11.8 Å². The maximum Gasteiger partial charge on any atom is 0.171 e. The minimum atomic E-state index is 0.404. The summed E-state index contributed by atoms with van der Waals surface area (Å²) in [6, 6.07) is 1.82. The number of hydrogen-bond donors (Lipinski definition) is 1. The Bertz CT molecular complexity index is 207. The van der Waals surface area contributed by atoms with Crippen LogP contribution in [0.15, 0.2) is 10.6 Å². The first-order valence-electron chi connectivity index (χ1n) is 3.07. The van der Waals surface area contributed by atoms with Crippen molar-refractivity contribution in [2.45, 2.75) is 6.54 Å². The molecule has 4 nitrogen and oxygen atoms in total. The van der Waals surface area contributed by atoms with Crippen molar-refractivity contribution in [2.75, 3.05) is 19.0 Å². The summed E-state index contributed by atoms with van der Waals surface area (Å²) in [6.45, 7) is 0.404. The maximum absolute atomic E-state index is 5.31. The first-order chi connectivity index (χ1) is 4.74. The van der Waals surface area contributed by atoms with Crippen LogP contribution in [0.1, 0.15) is 5.76 Å². The third-order valence-electron chi connectivity index (χ3n) is 1.21. The van der Waals surface area contributed by atoms with Crippen LogP contribution in [0.2, 0.25) is 0 Å². The molecule has 1 aromatic rings. The molecular formula is C6H11N3O. The van der Waals surface area contributed by atoms with E-state index in [1.807, 2.05) is 25.1 Å². The van der Waals surface area contributed by atoms with Gasteiger partial charge in [-0.15, -0.1) is 0 Å². The maximum atomic E-state index is 5.31. The van der Waals surface area contributed by atoms with Crippen LogP contribution in [0.5, 0.6) is 0 Å². The van der Waals surface area contributed by atoms with Gasteiger partial charge in [0.25, 0.3) is 0 Å². The average molecular weight is 141 g/mol. The minimum Gasteiger partial charge on any atom is -0.360 e. The van der Waals surface area contributed by atoms with Gasteiger partial charge in [0.2, 0.25) is 0 Å². The van der Waals surface area contributed by atoms with Gasteiger partial charge in [0.05, 0.1) is 6.54 Å². The molecule has 0 unspecified atom stereocenters. The van der Waals surface area contributed by atoms with Crippen molar-refractivity contribution < 1.29 is 4.52 Å². The molecule has 0 aliphatic rings. The van der Waals surface area contributed by atoms with E-state index in [1.54, 1.807) is 0 Å². The number of nitrogens with two attached hydrogens (primary N) is 1. The molecule has 0 bridgehead atoms. The van der Waals surface area contributed by atoms with Gasteiger partial charge in [-0.3, -0.25) is 0 Å². The number of anilines is 1. The van der Waals surface area contributed by atoms with E-state index in [0.29, 0.717) is 12.3 Å². The van der Waals surface area contributed by atoms with Crippen molar-refractivity contribution in [3.63, 3.8) is 0 Å². The topological polar surface area (TPSA) is 55.3 Å². The monoisotopic (exact) mass is 141 g/mol. The summed E-state index contributed by atoms with van der Waals surface area (Å²) >= 11 is 0. The third-order valence-corrected chi connectivity index (χ3v) is 1.21. The van der Waals surface area contributed by atoms with E-state index in [0.717, 1.165) is 5.82 Å². The molecule has 0 aromatic carbocycles. The van der Waals surface area contributed by atoms with Crippen molar-refractivity contribution in [1.82, 2.24) is 5.16 Å². The Kier molecular flexibility index (Phi) is 1.91. The predicted octanol–water partition coefficient (Wildman–Crippen LogP) is 0.199. The minimum absolute atomic E-state index is 0.404. The van der Waals surface area contributed by atoms with Crippen molar-refractivity contribution in [3.8, 4) is 0 Å². The SMILES string of the molecule is CN(C)c1cc(CN)on1. The van der Waals surface area contributed by atoms with E-state index in [9.17, 15) is 0 Å². The summed E-state index contributed by atoms with van der Waals surface area (Å²) < 4.78 is 4.86.